The molecule has 1 fully saturated rings. The number of carbonyl (C=O) groups excluding carboxylic acids is 5. The van der Waals surface area contributed by atoms with E-state index in [1.165, 1.54) is 4.90 Å². The number of hydrogen-bond donors (Lipinski definition) is 8. The molecule has 1 unspecified atom stereocenters. The van der Waals surface area contributed by atoms with E-state index >= 15 is 0 Å². The van der Waals surface area contributed by atoms with Crippen LogP contribution in [-0.4, -0.2) is 114 Å². The number of aliphatic imine (C=N–C) groups is 2. The Balaban J connectivity index is 0.00000196. The Bertz CT molecular complexity index is 1490. The van der Waals surface area contributed by atoms with Gasteiger partial charge in [-0.1, -0.05) is 44.2 Å². The minimum Gasteiger partial charge on any atom is -0.475 e. The van der Waals surface area contributed by atoms with Crippen LogP contribution < -0.4 is 38.9 Å². The van der Waals surface area contributed by atoms with Gasteiger partial charge in [0.05, 0.1) is 6.04 Å². The average molecular weight is 791 g/mol. The van der Waals surface area contributed by atoms with Crippen molar-refractivity contribution in [2.24, 2.45) is 38.8 Å². The summed E-state index contributed by atoms with van der Waals surface area (Å²) in [5.41, 5.74) is 22.3. The Kier molecular flexibility index (Phi) is 20.5. The van der Waals surface area contributed by atoms with Gasteiger partial charge in [0.25, 0.3) is 0 Å². The highest BCUT2D eigenvalue weighted by molar-refractivity contribution is 5.96. The van der Waals surface area contributed by atoms with Gasteiger partial charge in [0.2, 0.25) is 17.7 Å². The maximum Gasteiger partial charge on any atom is 0.490 e. The van der Waals surface area contributed by atoms with E-state index in [0.29, 0.717) is 25.7 Å². The van der Waals surface area contributed by atoms with Crippen molar-refractivity contribution in [1.29, 1.82) is 0 Å². The normalized spacial score (nSPS) is 15.3. The molecule has 1 aliphatic rings. The van der Waals surface area contributed by atoms with E-state index in [-0.39, 0.29) is 56.9 Å². The van der Waals surface area contributed by atoms with Crippen molar-refractivity contribution in [2.45, 2.75) is 89.3 Å². The Morgan fingerprint density at radius 2 is 1.45 bits per heavy atom. The van der Waals surface area contributed by atoms with E-state index in [2.05, 4.69) is 25.9 Å². The van der Waals surface area contributed by atoms with E-state index in [1.54, 1.807) is 38.1 Å². The Labute approximate surface area is 314 Å². The molecule has 0 saturated carbocycles. The fraction of sp³-hybridized carbons (Fsp3) is 0.576. The van der Waals surface area contributed by atoms with Crippen molar-refractivity contribution in [3.05, 3.63) is 35.9 Å². The van der Waals surface area contributed by atoms with Crippen LogP contribution in [0.1, 0.15) is 57.9 Å². The van der Waals surface area contributed by atoms with E-state index in [9.17, 15) is 41.5 Å². The molecule has 55 heavy (non-hydrogen) atoms. The fourth-order valence-corrected chi connectivity index (χ4v) is 5.13. The van der Waals surface area contributed by atoms with Gasteiger partial charge in [-0.2, -0.15) is 13.2 Å². The number of alkyl carbamates (subject to hydrolysis) is 1. The first-order chi connectivity index (χ1) is 25.8. The molecule has 22 heteroatoms. The van der Waals surface area contributed by atoms with Crippen molar-refractivity contribution in [3.63, 3.8) is 0 Å². The van der Waals surface area contributed by atoms with Crippen molar-refractivity contribution in [2.75, 3.05) is 26.3 Å². The molecule has 1 saturated heterocycles. The number of nitrogens with one attached hydrogen (secondary N) is 3. The highest BCUT2D eigenvalue weighted by atomic mass is 19.4. The summed E-state index contributed by atoms with van der Waals surface area (Å²) in [5, 5.41) is 15.0. The molecule has 4 amide bonds. The van der Waals surface area contributed by atoms with Crippen molar-refractivity contribution in [1.82, 2.24) is 20.9 Å². The van der Waals surface area contributed by atoms with Crippen LogP contribution >= 0.6 is 0 Å². The first-order valence-corrected chi connectivity index (χ1v) is 17.2. The summed E-state index contributed by atoms with van der Waals surface area (Å²) in [5.74, 6) is -6.01. The summed E-state index contributed by atoms with van der Waals surface area (Å²) in [7, 11) is 0. The fourth-order valence-electron chi connectivity index (χ4n) is 5.13. The molecule has 0 aliphatic carbocycles. The predicted octanol–water partition coefficient (Wildman–Crippen LogP) is 0.177. The molecule has 4 atom stereocenters. The van der Waals surface area contributed by atoms with Gasteiger partial charge in [0.15, 0.2) is 17.7 Å². The first kappa shape index (κ1) is 47.3. The summed E-state index contributed by atoms with van der Waals surface area (Å²) >= 11 is 0. The molecular formula is C33H50F4N10O8. The number of carbonyl (C=O) groups is 6. The van der Waals surface area contributed by atoms with Gasteiger partial charge >= 0.3 is 18.2 Å². The number of ketones is 1. The largest absolute Gasteiger partial charge is 0.490 e. The number of likely N-dealkylation sites (tertiary alicyclic amines) is 1. The van der Waals surface area contributed by atoms with Crippen LogP contribution in [0.4, 0.5) is 22.4 Å². The number of amides is 4. The lowest BCUT2D eigenvalue weighted by atomic mass is 10.0. The molecule has 1 aromatic rings. The molecule has 1 heterocycles. The number of guanidine groups is 2. The summed E-state index contributed by atoms with van der Waals surface area (Å²) < 4.78 is 50.3. The molecule has 0 bridgehead atoms. The quantitative estimate of drug-likeness (QED) is 0.0403. The number of benzene rings is 1. The molecule has 308 valence electrons. The monoisotopic (exact) mass is 790 g/mol. The zero-order valence-electron chi connectivity index (χ0n) is 30.5. The molecule has 0 aromatic heterocycles. The predicted molar refractivity (Wildman–Crippen MR) is 191 cm³/mol. The lowest BCUT2D eigenvalue weighted by Crippen LogP contribution is -2.58. The number of rotatable bonds is 19. The molecule has 18 nitrogen and oxygen atoms in total. The van der Waals surface area contributed by atoms with Gasteiger partial charge in [-0.05, 0) is 50.0 Å². The van der Waals surface area contributed by atoms with E-state index in [1.807, 2.05) is 6.07 Å². The van der Waals surface area contributed by atoms with Crippen molar-refractivity contribution >= 4 is 47.5 Å². The molecule has 12 N–H and O–H groups in total. The first-order valence-electron chi connectivity index (χ1n) is 17.2. The van der Waals surface area contributed by atoms with E-state index in [0.717, 1.165) is 5.56 Å². The van der Waals surface area contributed by atoms with Crippen LogP contribution in [0.25, 0.3) is 0 Å². The number of Topliss-reactive ketones (excluding diaryl/α,β-unsaturated/α-hetero) is 1. The van der Waals surface area contributed by atoms with Gasteiger partial charge < -0.3 is 53.6 Å². The highest BCUT2D eigenvalue weighted by Crippen LogP contribution is 2.21. The minimum atomic E-state index is -5.08. The van der Waals surface area contributed by atoms with Crippen molar-refractivity contribution in [3.8, 4) is 0 Å². The third-order valence-corrected chi connectivity index (χ3v) is 7.86. The van der Waals surface area contributed by atoms with E-state index < -0.39 is 72.6 Å². The number of carboxylic acids is 1. The zero-order chi connectivity index (χ0) is 41.7. The summed E-state index contributed by atoms with van der Waals surface area (Å²) in [4.78, 5) is 83.6. The minimum absolute atomic E-state index is 0.00251. The van der Waals surface area contributed by atoms with Crippen LogP contribution in [0.3, 0.4) is 0 Å². The smallest absolute Gasteiger partial charge is 0.475 e. The maximum absolute atomic E-state index is 13.9. The maximum atomic E-state index is 13.9. The van der Waals surface area contributed by atoms with Crippen LogP contribution in [0.2, 0.25) is 0 Å². The van der Waals surface area contributed by atoms with E-state index in [4.69, 9.17) is 37.6 Å². The number of nitrogens with zero attached hydrogens (tertiary/aromatic N) is 3. The van der Waals surface area contributed by atoms with Crippen molar-refractivity contribution < 1.29 is 56.2 Å². The Morgan fingerprint density at radius 1 is 0.909 bits per heavy atom. The number of alkyl halides is 4. The lowest BCUT2D eigenvalue weighted by Gasteiger charge is -2.31. The molecule has 2 rings (SSSR count). The Hall–Kier alpha value is -5.70. The summed E-state index contributed by atoms with van der Waals surface area (Å²) in [6, 6.07) is 4.77. The molecule has 1 aliphatic heterocycles. The van der Waals surface area contributed by atoms with Gasteiger partial charge in [-0.25, -0.2) is 14.0 Å². The third-order valence-electron chi connectivity index (χ3n) is 7.86. The SMILES string of the molecule is CC(C)[C@H](NC(=O)OCc1ccccc1)C(=O)N[C@@H](CCCN=C(N)N)C(=O)N1CCC[C@H]1C(=O)NC(CCCN=C(N)N)C(=O)CF.O=C(O)C(F)(F)F. The number of nitrogens with two attached hydrogens (primary N) is 4. The second kappa shape index (κ2) is 23.9. The number of carboxylic acid groups (broad SMARTS) is 1. The lowest BCUT2D eigenvalue weighted by molar-refractivity contribution is -0.192. The van der Waals surface area contributed by atoms with Crippen LogP contribution in [0.5, 0.6) is 0 Å². The van der Waals surface area contributed by atoms with Gasteiger partial charge in [0, 0.05) is 19.6 Å². The number of hydrogen-bond acceptors (Lipinski definition) is 9. The van der Waals surface area contributed by atoms with Gasteiger partial charge in [-0.3, -0.25) is 29.2 Å². The molecule has 1 aromatic carbocycles. The second-order valence-electron chi connectivity index (χ2n) is 12.5. The summed E-state index contributed by atoms with van der Waals surface area (Å²) in [6.07, 6.45) is -4.31. The average Bonchev–Trinajstić information content (AvgIpc) is 3.62. The van der Waals surface area contributed by atoms with Gasteiger partial charge in [0.1, 0.15) is 31.4 Å². The molecular weight excluding hydrogens is 740 g/mol. The summed E-state index contributed by atoms with van der Waals surface area (Å²) in [6.45, 7) is 2.74. The highest BCUT2D eigenvalue weighted by Gasteiger charge is 2.40. The number of aliphatic carboxylic acids is 1. The molecule has 0 spiro atoms. The van der Waals surface area contributed by atoms with Crippen LogP contribution in [0.15, 0.2) is 40.3 Å². The van der Waals surface area contributed by atoms with Gasteiger partial charge in [-0.15, -0.1) is 0 Å². The third kappa shape index (κ3) is 18.3. The second-order valence-corrected chi connectivity index (χ2v) is 12.5. The Morgan fingerprint density at radius 3 is 1.95 bits per heavy atom. The topological polar surface area (TPSA) is 300 Å². The number of halogens is 4. The van der Waals surface area contributed by atoms with Crippen LogP contribution in [0, 0.1) is 5.92 Å². The molecule has 0 radical (unpaired) electrons. The number of ether oxygens (including phenoxy) is 1. The standard InChI is InChI=1S/C31H49FN10O6.C2HF3O2/c1-19(2)25(41-31(47)48-18-20-9-4-3-5-10-20)27(45)40-22(12-7-15-38-30(35)36)28(46)42-16-8-13-23(42)26(44)39-21(24(43)17-32)11-6-14-37-29(33)34;3-2(4,5)1(6)7/h3-5,9-10,19,21-23,25H,6-8,11-18H2,1-2H3,(H,39,44)(H,40,45)(H,41,47)(H4,33,34,37)(H4,35,36,38);(H,6,7)/t21?,22-,23-,25-;/m0./s1. The van der Waals surface area contributed by atoms with Crippen LogP contribution in [-0.2, 0) is 35.3 Å². The zero-order valence-corrected chi connectivity index (χ0v) is 30.5.